The highest BCUT2D eigenvalue weighted by molar-refractivity contribution is 5.85. The molecule has 1 saturated heterocycles. The van der Waals surface area contributed by atoms with E-state index in [-0.39, 0.29) is 30.3 Å². The third-order valence-corrected chi connectivity index (χ3v) is 5.38. The van der Waals surface area contributed by atoms with Crippen LogP contribution in [0, 0.1) is 5.92 Å². The maximum Gasteiger partial charge on any atom is 0.243 e. The van der Waals surface area contributed by atoms with Crippen LogP contribution in [0.5, 0.6) is 5.75 Å². The predicted octanol–water partition coefficient (Wildman–Crippen LogP) is 1.51. The van der Waals surface area contributed by atoms with Crippen LogP contribution in [-0.2, 0) is 16.0 Å². The fourth-order valence-electron chi connectivity index (χ4n) is 3.36. The molecular formula is C23H37N5O3. The summed E-state index contributed by atoms with van der Waals surface area (Å²) in [6.07, 6.45) is 2.55. The smallest absolute Gasteiger partial charge is 0.243 e. The standard InChI is InChI=1S/C23H37N5O3/c1-17(2)22(30)28-14-11-19(12-15-28)26-23(25-16-21(29)27(3)4)24-13-10-18-6-8-20(31-5)9-7-18/h6-9,17,19H,10-16H2,1-5H3,(H2,24,25,26). The number of methoxy groups -OCH3 is 1. The van der Waals surface area contributed by atoms with E-state index in [9.17, 15) is 9.59 Å². The molecule has 8 nitrogen and oxygen atoms in total. The Morgan fingerprint density at radius 2 is 1.84 bits per heavy atom. The third-order valence-electron chi connectivity index (χ3n) is 5.38. The molecular weight excluding hydrogens is 394 g/mol. The molecule has 2 amide bonds. The van der Waals surface area contributed by atoms with Crippen LogP contribution in [0.25, 0.3) is 0 Å². The van der Waals surface area contributed by atoms with Gasteiger partial charge in [-0.1, -0.05) is 26.0 Å². The summed E-state index contributed by atoms with van der Waals surface area (Å²) in [5.41, 5.74) is 1.19. The minimum atomic E-state index is -0.0476. The lowest BCUT2D eigenvalue weighted by molar-refractivity contribution is -0.135. The van der Waals surface area contributed by atoms with Crippen molar-refractivity contribution < 1.29 is 14.3 Å². The first kappa shape index (κ1) is 24.5. The van der Waals surface area contributed by atoms with Gasteiger partial charge < -0.3 is 25.2 Å². The average Bonchev–Trinajstić information content (AvgIpc) is 2.77. The quantitative estimate of drug-likeness (QED) is 0.481. The molecule has 0 aromatic heterocycles. The fraction of sp³-hybridized carbons (Fsp3) is 0.609. The Balaban J connectivity index is 1.91. The number of rotatable bonds is 8. The second-order valence-electron chi connectivity index (χ2n) is 8.38. The zero-order valence-corrected chi connectivity index (χ0v) is 19.5. The number of ether oxygens (including phenoxy) is 1. The summed E-state index contributed by atoms with van der Waals surface area (Å²) >= 11 is 0. The molecule has 0 bridgehead atoms. The predicted molar refractivity (Wildman–Crippen MR) is 123 cm³/mol. The fourth-order valence-corrected chi connectivity index (χ4v) is 3.36. The number of piperidine rings is 1. The molecule has 0 atom stereocenters. The van der Waals surface area contributed by atoms with Gasteiger partial charge in [0.15, 0.2) is 5.96 Å². The van der Waals surface area contributed by atoms with Crippen LogP contribution >= 0.6 is 0 Å². The summed E-state index contributed by atoms with van der Waals surface area (Å²) in [6, 6.07) is 8.21. The highest BCUT2D eigenvalue weighted by Gasteiger charge is 2.24. The van der Waals surface area contributed by atoms with E-state index < -0.39 is 0 Å². The largest absolute Gasteiger partial charge is 0.497 e. The number of nitrogens with one attached hydrogen (secondary N) is 2. The minimum absolute atomic E-state index is 0.0262. The molecule has 0 saturated carbocycles. The van der Waals surface area contributed by atoms with E-state index >= 15 is 0 Å². The molecule has 1 aromatic carbocycles. The number of amides is 2. The van der Waals surface area contributed by atoms with Crippen LogP contribution in [-0.4, -0.2) is 81.0 Å². The number of likely N-dealkylation sites (tertiary alicyclic amines) is 1. The normalized spacial score (nSPS) is 15.0. The summed E-state index contributed by atoms with van der Waals surface area (Å²) in [5.74, 6) is 1.66. The second kappa shape index (κ2) is 12.2. The lowest BCUT2D eigenvalue weighted by Crippen LogP contribution is -2.50. The molecule has 1 aliphatic rings. The minimum Gasteiger partial charge on any atom is -0.497 e. The van der Waals surface area contributed by atoms with Gasteiger partial charge in [-0.15, -0.1) is 0 Å². The van der Waals surface area contributed by atoms with Crippen LogP contribution in [0.1, 0.15) is 32.3 Å². The molecule has 1 heterocycles. The van der Waals surface area contributed by atoms with Crippen molar-refractivity contribution in [2.24, 2.45) is 10.9 Å². The van der Waals surface area contributed by atoms with Crippen LogP contribution in [0.3, 0.4) is 0 Å². The van der Waals surface area contributed by atoms with Crippen LogP contribution in [0.2, 0.25) is 0 Å². The zero-order chi connectivity index (χ0) is 22.8. The molecule has 1 fully saturated rings. The van der Waals surface area contributed by atoms with Crippen LogP contribution < -0.4 is 15.4 Å². The Morgan fingerprint density at radius 1 is 1.19 bits per heavy atom. The second-order valence-corrected chi connectivity index (χ2v) is 8.38. The number of nitrogens with zero attached hydrogens (tertiary/aromatic N) is 3. The van der Waals surface area contributed by atoms with Gasteiger partial charge in [0, 0.05) is 45.7 Å². The summed E-state index contributed by atoms with van der Waals surface area (Å²) in [4.78, 5) is 32.1. The Hall–Kier alpha value is -2.77. The van der Waals surface area contributed by atoms with Crippen molar-refractivity contribution in [3.8, 4) is 5.75 Å². The molecule has 0 spiro atoms. The molecule has 1 aromatic rings. The van der Waals surface area contributed by atoms with Gasteiger partial charge in [0.25, 0.3) is 0 Å². The molecule has 2 rings (SSSR count). The highest BCUT2D eigenvalue weighted by Crippen LogP contribution is 2.14. The Morgan fingerprint density at radius 3 is 2.39 bits per heavy atom. The van der Waals surface area contributed by atoms with E-state index in [1.165, 1.54) is 10.5 Å². The van der Waals surface area contributed by atoms with Gasteiger partial charge in [-0.05, 0) is 37.0 Å². The van der Waals surface area contributed by atoms with Gasteiger partial charge >= 0.3 is 0 Å². The van der Waals surface area contributed by atoms with E-state index in [2.05, 4.69) is 15.6 Å². The van der Waals surface area contributed by atoms with Gasteiger partial charge in [-0.2, -0.15) is 0 Å². The number of hydrogen-bond acceptors (Lipinski definition) is 4. The molecule has 2 N–H and O–H groups in total. The van der Waals surface area contributed by atoms with E-state index in [0.29, 0.717) is 12.5 Å². The van der Waals surface area contributed by atoms with Crippen molar-refractivity contribution in [3.05, 3.63) is 29.8 Å². The number of likely N-dealkylation sites (N-methyl/N-ethyl adjacent to an activating group) is 1. The van der Waals surface area contributed by atoms with Crippen molar-refractivity contribution >= 4 is 17.8 Å². The zero-order valence-electron chi connectivity index (χ0n) is 19.5. The Kier molecular flexibility index (Phi) is 9.62. The van der Waals surface area contributed by atoms with E-state index in [4.69, 9.17) is 4.74 Å². The molecule has 31 heavy (non-hydrogen) atoms. The maximum absolute atomic E-state index is 12.2. The lowest BCUT2D eigenvalue weighted by atomic mass is 10.0. The van der Waals surface area contributed by atoms with E-state index in [0.717, 1.165) is 38.1 Å². The summed E-state index contributed by atoms with van der Waals surface area (Å²) < 4.78 is 5.20. The van der Waals surface area contributed by atoms with Crippen LogP contribution in [0.15, 0.2) is 29.3 Å². The Bertz CT molecular complexity index is 738. The molecule has 0 unspecified atom stereocenters. The van der Waals surface area contributed by atoms with Crippen molar-refractivity contribution in [1.29, 1.82) is 0 Å². The number of carbonyl (C=O) groups excluding carboxylic acids is 2. The van der Waals surface area contributed by atoms with Gasteiger partial charge in [0.2, 0.25) is 11.8 Å². The maximum atomic E-state index is 12.2. The van der Waals surface area contributed by atoms with Gasteiger partial charge in [-0.25, -0.2) is 4.99 Å². The molecule has 0 radical (unpaired) electrons. The van der Waals surface area contributed by atoms with E-state index in [1.807, 2.05) is 43.0 Å². The van der Waals surface area contributed by atoms with Crippen molar-refractivity contribution in [2.45, 2.75) is 39.2 Å². The first-order valence-electron chi connectivity index (χ1n) is 11.0. The first-order chi connectivity index (χ1) is 14.8. The number of benzene rings is 1. The van der Waals surface area contributed by atoms with Crippen molar-refractivity contribution in [1.82, 2.24) is 20.4 Å². The third kappa shape index (κ3) is 8.11. The average molecular weight is 432 g/mol. The van der Waals surface area contributed by atoms with Crippen molar-refractivity contribution in [2.75, 3.05) is 47.4 Å². The van der Waals surface area contributed by atoms with Gasteiger partial charge in [-0.3, -0.25) is 9.59 Å². The molecule has 172 valence electrons. The summed E-state index contributed by atoms with van der Waals surface area (Å²) in [6.45, 7) is 6.14. The van der Waals surface area contributed by atoms with Gasteiger partial charge in [0.05, 0.1) is 7.11 Å². The Labute approximate surface area is 186 Å². The monoisotopic (exact) mass is 431 g/mol. The summed E-state index contributed by atoms with van der Waals surface area (Å²) in [7, 11) is 5.11. The summed E-state index contributed by atoms with van der Waals surface area (Å²) in [5, 5.41) is 6.80. The topological polar surface area (TPSA) is 86.3 Å². The number of aliphatic imine (C=N–C) groups is 1. The first-order valence-corrected chi connectivity index (χ1v) is 11.0. The molecule has 8 heteroatoms. The number of hydrogen-bond donors (Lipinski definition) is 2. The van der Waals surface area contributed by atoms with E-state index in [1.54, 1.807) is 21.2 Å². The molecule has 0 aliphatic carbocycles. The lowest BCUT2D eigenvalue weighted by Gasteiger charge is -2.34. The highest BCUT2D eigenvalue weighted by atomic mass is 16.5. The van der Waals surface area contributed by atoms with Crippen molar-refractivity contribution in [3.63, 3.8) is 0 Å². The molecule has 1 aliphatic heterocycles. The SMILES string of the molecule is COc1ccc(CCNC(=NCC(=O)N(C)C)NC2CCN(C(=O)C(C)C)CC2)cc1. The number of carbonyl (C=O) groups is 2. The van der Waals surface area contributed by atoms with Gasteiger partial charge in [0.1, 0.15) is 12.3 Å². The van der Waals surface area contributed by atoms with Crippen LogP contribution in [0.4, 0.5) is 0 Å². The number of guanidine groups is 1.